The first-order valence-corrected chi connectivity index (χ1v) is 6.70. The molecule has 1 aliphatic rings. The van der Waals surface area contributed by atoms with Crippen molar-refractivity contribution in [2.75, 3.05) is 0 Å². The standard InChI is InChI=1S/C16H16N2/c1-10-6-7-14-11(8-10)9-13-12-4-2-3-5-15(12)18-16(13)17-14/h2-5,9-10H,6-8H2,1H3,(H,17,18). The molecule has 0 amide bonds. The maximum atomic E-state index is 4.83. The molecular weight excluding hydrogens is 220 g/mol. The first kappa shape index (κ1) is 10.1. The molecule has 3 aromatic rings. The SMILES string of the molecule is CC1CCc2nc3[nH]c4ccccc4c3cc2C1. The van der Waals surface area contributed by atoms with Crippen LogP contribution in [0.1, 0.15) is 24.6 Å². The summed E-state index contributed by atoms with van der Waals surface area (Å²) in [6, 6.07) is 10.8. The van der Waals surface area contributed by atoms with Gasteiger partial charge in [-0.25, -0.2) is 4.98 Å². The van der Waals surface area contributed by atoms with Crippen molar-refractivity contribution >= 4 is 21.9 Å². The molecule has 2 nitrogen and oxygen atoms in total. The quantitative estimate of drug-likeness (QED) is 0.631. The second-order valence-electron chi connectivity index (χ2n) is 5.51. The fourth-order valence-electron chi connectivity index (χ4n) is 3.10. The number of nitrogens with zero attached hydrogens (tertiary/aromatic N) is 1. The van der Waals surface area contributed by atoms with Crippen LogP contribution >= 0.6 is 0 Å². The zero-order chi connectivity index (χ0) is 12.1. The second-order valence-corrected chi connectivity index (χ2v) is 5.51. The van der Waals surface area contributed by atoms with Crippen LogP contribution in [0.15, 0.2) is 30.3 Å². The zero-order valence-corrected chi connectivity index (χ0v) is 10.5. The van der Waals surface area contributed by atoms with E-state index in [-0.39, 0.29) is 0 Å². The van der Waals surface area contributed by atoms with Crippen LogP contribution in [0.4, 0.5) is 0 Å². The van der Waals surface area contributed by atoms with Crippen LogP contribution in [0.2, 0.25) is 0 Å². The van der Waals surface area contributed by atoms with Gasteiger partial charge in [0.2, 0.25) is 0 Å². The fraction of sp³-hybridized carbons (Fsp3) is 0.312. The maximum Gasteiger partial charge on any atom is 0.138 e. The third-order valence-corrected chi connectivity index (χ3v) is 4.10. The van der Waals surface area contributed by atoms with Gasteiger partial charge in [-0.3, -0.25) is 0 Å². The molecule has 1 aliphatic carbocycles. The zero-order valence-electron chi connectivity index (χ0n) is 10.5. The molecule has 2 aromatic heterocycles. The number of aromatic nitrogens is 2. The van der Waals surface area contributed by atoms with E-state index in [1.165, 1.54) is 40.4 Å². The van der Waals surface area contributed by atoms with Gasteiger partial charge in [-0.05, 0) is 42.9 Å². The Labute approximate surface area is 106 Å². The van der Waals surface area contributed by atoms with Crippen molar-refractivity contribution in [2.45, 2.75) is 26.2 Å². The summed E-state index contributed by atoms with van der Waals surface area (Å²) >= 11 is 0. The lowest BCUT2D eigenvalue weighted by Gasteiger charge is -2.20. The highest BCUT2D eigenvalue weighted by Crippen LogP contribution is 2.30. The van der Waals surface area contributed by atoms with Gasteiger partial charge < -0.3 is 4.98 Å². The van der Waals surface area contributed by atoms with Crippen molar-refractivity contribution in [3.05, 3.63) is 41.6 Å². The highest BCUT2D eigenvalue weighted by atomic mass is 14.9. The summed E-state index contributed by atoms with van der Waals surface area (Å²) in [7, 11) is 0. The Morgan fingerprint density at radius 1 is 1.22 bits per heavy atom. The Morgan fingerprint density at radius 3 is 3.06 bits per heavy atom. The number of H-pyrrole nitrogens is 1. The van der Waals surface area contributed by atoms with E-state index in [1.807, 2.05) is 0 Å². The van der Waals surface area contributed by atoms with E-state index in [4.69, 9.17) is 4.98 Å². The van der Waals surface area contributed by atoms with Crippen molar-refractivity contribution in [2.24, 2.45) is 5.92 Å². The molecular formula is C16H16N2. The van der Waals surface area contributed by atoms with E-state index in [2.05, 4.69) is 42.2 Å². The monoisotopic (exact) mass is 236 g/mol. The van der Waals surface area contributed by atoms with Gasteiger partial charge in [0.05, 0.1) is 0 Å². The molecule has 0 fully saturated rings. The molecule has 1 aromatic carbocycles. The Balaban J connectivity index is 2.05. The number of rotatable bonds is 0. The Kier molecular flexibility index (Phi) is 2.01. The maximum absolute atomic E-state index is 4.83. The van der Waals surface area contributed by atoms with E-state index in [0.717, 1.165) is 18.0 Å². The van der Waals surface area contributed by atoms with Crippen LogP contribution in [0.25, 0.3) is 21.9 Å². The summed E-state index contributed by atoms with van der Waals surface area (Å²) in [5.41, 5.74) is 4.98. The highest BCUT2D eigenvalue weighted by Gasteiger charge is 2.18. The predicted octanol–water partition coefficient (Wildman–Crippen LogP) is 3.84. The van der Waals surface area contributed by atoms with E-state index in [0.29, 0.717) is 0 Å². The number of nitrogens with one attached hydrogen (secondary N) is 1. The number of benzene rings is 1. The molecule has 0 radical (unpaired) electrons. The van der Waals surface area contributed by atoms with E-state index in [1.54, 1.807) is 0 Å². The Hall–Kier alpha value is -1.83. The lowest BCUT2D eigenvalue weighted by molar-refractivity contribution is 0.495. The number of hydrogen-bond donors (Lipinski definition) is 1. The molecule has 1 N–H and O–H groups in total. The van der Waals surface area contributed by atoms with Crippen LogP contribution in [-0.4, -0.2) is 9.97 Å². The van der Waals surface area contributed by atoms with Gasteiger partial charge >= 0.3 is 0 Å². The normalized spacial score (nSPS) is 19.3. The molecule has 0 saturated heterocycles. The first-order valence-electron chi connectivity index (χ1n) is 6.70. The molecule has 90 valence electrons. The minimum atomic E-state index is 0.793. The third-order valence-electron chi connectivity index (χ3n) is 4.10. The van der Waals surface area contributed by atoms with Gasteiger partial charge in [0.15, 0.2) is 0 Å². The summed E-state index contributed by atoms with van der Waals surface area (Å²) in [5, 5.41) is 2.57. The van der Waals surface area contributed by atoms with Gasteiger partial charge in [0, 0.05) is 22.0 Å². The number of para-hydroxylation sites is 1. The van der Waals surface area contributed by atoms with Crippen LogP contribution in [0.3, 0.4) is 0 Å². The average molecular weight is 236 g/mol. The van der Waals surface area contributed by atoms with Crippen molar-refractivity contribution in [3.63, 3.8) is 0 Å². The molecule has 2 heterocycles. The number of aryl methyl sites for hydroxylation is 1. The van der Waals surface area contributed by atoms with E-state index >= 15 is 0 Å². The first-order chi connectivity index (χ1) is 8.81. The smallest absolute Gasteiger partial charge is 0.138 e. The second kappa shape index (κ2) is 3.58. The van der Waals surface area contributed by atoms with E-state index < -0.39 is 0 Å². The van der Waals surface area contributed by atoms with Crippen molar-refractivity contribution in [1.29, 1.82) is 0 Å². The summed E-state index contributed by atoms with van der Waals surface area (Å²) in [4.78, 5) is 8.26. The molecule has 0 spiro atoms. The lowest BCUT2D eigenvalue weighted by atomic mass is 9.87. The predicted molar refractivity (Wildman–Crippen MR) is 74.8 cm³/mol. The van der Waals surface area contributed by atoms with Crippen molar-refractivity contribution in [3.8, 4) is 0 Å². The van der Waals surface area contributed by atoms with Gasteiger partial charge in [0.1, 0.15) is 5.65 Å². The summed E-state index contributed by atoms with van der Waals surface area (Å²) in [5.74, 6) is 0.793. The number of aromatic amines is 1. The van der Waals surface area contributed by atoms with Gasteiger partial charge in [-0.15, -0.1) is 0 Å². The minimum Gasteiger partial charge on any atom is -0.339 e. The minimum absolute atomic E-state index is 0.793. The van der Waals surface area contributed by atoms with Gasteiger partial charge in [-0.2, -0.15) is 0 Å². The molecule has 2 heteroatoms. The average Bonchev–Trinajstić information content (AvgIpc) is 2.74. The topological polar surface area (TPSA) is 28.7 Å². The molecule has 1 unspecified atom stereocenters. The Morgan fingerprint density at radius 2 is 2.11 bits per heavy atom. The third kappa shape index (κ3) is 1.38. The summed E-state index contributed by atoms with van der Waals surface area (Å²) in [6.45, 7) is 2.34. The van der Waals surface area contributed by atoms with Crippen molar-refractivity contribution < 1.29 is 0 Å². The van der Waals surface area contributed by atoms with Gasteiger partial charge in [0.25, 0.3) is 0 Å². The molecule has 0 saturated carbocycles. The van der Waals surface area contributed by atoms with Crippen LogP contribution in [-0.2, 0) is 12.8 Å². The van der Waals surface area contributed by atoms with Crippen LogP contribution < -0.4 is 0 Å². The van der Waals surface area contributed by atoms with Crippen LogP contribution in [0.5, 0.6) is 0 Å². The van der Waals surface area contributed by atoms with Gasteiger partial charge in [-0.1, -0.05) is 25.1 Å². The fourth-order valence-corrected chi connectivity index (χ4v) is 3.10. The van der Waals surface area contributed by atoms with E-state index in [9.17, 15) is 0 Å². The summed E-state index contributed by atoms with van der Waals surface area (Å²) in [6.07, 6.45) is 3.57. The molecule has 1 atom stereocenters. The molecule has 4 rings (SSSR count). The number of pyridine rings is 1. The van der Waals surface area contributed by atoms with Crippen molar-refractivity contribution in [1.82, 2.24) is 9.97 Å². The number of hydrogen-bond acceptors (Lipinski definition) is 1. The molecule has 18 heavy (non-hydrogen) atoms. The summed E-state index contributed by atoms with van der Waals surface area (Å²) < 4.78 is 0. The Bertz CT molecular complexity index is 739. The highest BCUT2D eigenvalue weighted by molar-refractivity contribution is 6.06. The molecule has 0 aliphatic heterocycles. The van der Waals surface area contributed by atoms with Crippen LogP contribution in [0, 0.1) is 5.92 Å². The molecule has 0 bridgehead atoms. The number of fused-ring (bicyclic) bond motifs is 4. The lowest BCUT2D eigenvalue weighted by Crippen LogP contribution is -2.12. The largest absolute Gasteiger partial charge is 0.339 e.